The van der Waals surface area contributed by atoms with Crippen LogP contribution in [0.3, 0.4) is 0 Å². The van der Waals surface area contributed by atoms with Crippen LogP contribution in [0.25, 0.3) is 0 Å². The van der Waals surface area contributed by atoms with Crippen molar-refractivity contribution in [2.75, 3.05) is 7.05 Å². The quantitative estimate of drug-likeness (QED) is 0.859. The van der Waals surface area contributed by atoms with E-state index < -0.39 is 6.04 Å². The zero-order chi connectivity index (χ0) is 13.3. The first-order chi connectivity index (χ1) is 8.49. The first-order valence-corrected chi connectivity index (χ1v) is 6.26. The van der Waals surface area contributed by atoms with Crippen molar-refractivity contribution in [1.82, 2.24) is 10.2 Å². The van der Waals surface area contributed by atoms with E-state index in [4.69, 9.17) is 0 Å². The number of hydrogen-bond acceptors (Lipinski definition) is 3. The molecule has 1 fully saturated rings. The van der Waals surface area contributed by atoms with Gasteiger partial charge < -0.3 is 5.32 Å². The SMILES string of the molecule is CN1C(=O)CC(NCc2cc(Br)ccc2F)C1=O. The van der Waals surface area contributed by atoms with Gasteiger partial charge in [-0.2, -0.15) is 0 Å². The van der Waals surface area contributed by atoms with Gasteiger partial charge in [-0.15, -0.1) is 0 Å². The number of likely N-dealkylation sites (N-methyl/N-ethyl adjacent to an activating group) is 1. The Labute approximate surface area is 112 Å². The van der Waals surface area contributed by atoms with E-state index in [1.165, 1.54) is 13.1 Å². The van der Waals surface area contributed by atoms with Crippen molar-refractivity contribution in [3.8, 4) is 0 Å². The monoisotopic (exact) mass is 314 g/mol. The fourth-order valence-corrected chi connectivity index (χ4v) is 2.24. The number of nitrogens with one attached hydrogen (secondary N) is 1. The molecule has 0 aromatic heterocycles. The molecule has 0 bridgehead atoms. The van der Waals surface area contributed by atoms with Gasteiger partial charge in [-0.3, -0.25) is 14.5 Å². The molecule has 18 heavy (non-hydrogen) atoms. The molecule has 0 aliphatic carbocycles. The third-order valence-electron chi connectivity index (χ3n) is 2.93. The van der Waals surface area contributed by atoms with Crippen LogP contribution in [0, 0.1) is 5.82 Å². The van der Waals surface area contributed by atoms with Gasteiger partial charge in [0.1, 0.15) is 5.82 Å². The van der Waals surface area contributed by atoms with Gasteiger partial charge >= 0.3 is 0 Å². The van der Waals surface area contributed by atoms with Crippen molar-refractivity contribution < 1.29 is 14.0 Å². The highest BCUT2D eigenvalue weighted by atomic mass is 79.9. The summed E-state index contributed by atoms with van der Waals surface area (Å²) in [6, 6.07) is 4.06. The lowest BCUT2D eigenvalue weighted by Gasteiger charge is -2.11. The summed E-state index contributed by atoms with van der Waals surface area (Å²) >= 11 is 3.26. The molecule has 0 saturated carbocycles. The zero-order valence-corrected chi connectivity index (χ0v) is 11.3. The van der Waals surface area contributed by atoms with Gasteiger partial charge in [-0.05, 0) is 18.2 Å². The Balaban J connectivity index is 2.02. The predicted molar refractivity (Wildman–Crippen MR) is 67.1 cm³/mol. The standard InChI is InChI=1S/C12H12BrFN2O2/c1-16-11(17)5-10(12(16)18)15-6-7-4-8(13)2-3-9(7)14/h2-4,10,15H,5-6H2,1H3. The molecule has 1 atom stereocenters. The van der Waals surface area contributed by atoms with E-state index in [0.717, 1.165) is 9.37 Å². The molecule has 4 nitrogen and oxygen atoms in total. The molecule has 1 heterocycles. The van der Waals surface area contributed by atoms with Crippen molar-refractivity contribution in [2.24, 2.45) is 0 Å². The number of likely N-dealkylation sites (tertiary alicyclic amines) is 1. The highest BCUT2D eigenvalue weighted by molar-refractivity contribution is 9.10. The molecule has 1 N–H and O–H groups in total. The summed E-state index contributed by atoms with van der Waals surface area (Å²) in [6.45, 7) is 0.211. The molecule has 0 radical (unpaired) electrons. The highest BCUT2D eigenvalue weighted by Crippen LogP contribution is 2.17. The van der Waals surface area contributed by atoms with E-state index in [2.05, 4.69) is 21.2 Å². The molecule has 1 saturated heterocycles. The number of carbonyl (C=O) groups excluding carboxylic acids is 2. The normalized spacial score (nSPS) is 19.7. The second-order valence-electron chi connectivity index (χ2n) is 4.16. The van der Waals surface area contributed by atoms with Crippen LogP contribution in [0.5, 0.6) is 0 Å². The van der Waals surface area contributed by atoms with Crippen LogP contribution < -0.4 is 5.32 Å². The first kappa shape index (κ1) is 13.2. The molecule has 1 unspecified atom stereocenters. The Morgan fingerprint density at radius 2 is 2.22 bits per heavy atom. The summed E-state index contributed by atoms with van der Waals surface area (Å²) in [4.78, 5) is 24.0. The Bertz CT molecular complexity index is 507. The summed E-state index contributed by atoms with van der Waals surface area (Å²) in [7, 11) is 1.45. The van der Waals surface area contributed by atoms with Gasteiger partial charge in [0.2, 0.25) is 11.8 Å². The van der Waals surface area contributed by atoms with Crippen LogP contribution in [-0.2, 0) is 16.1 Å². The molecular formula is C12H12BrFN2O2. The number of amides is 2. The minimum Gasteiger partial charge on any atom is -0.301 e. The van der Waals surface area contributed by atoms with E-state index in [0.29, 0.717) is 5.56 Å². The lowest BCUT2D eigenvalue weighted by atomic mass is 10.2. The van der Waals surface area contributed by atoms with Crippen LogP contribution in [0.2, 0.25) is 0 Å². The Morgan fingerprint density at radius 1 is 1.50 bits per heavy atom. The van der Waals surface area contributed by atoms with E-state index in [1.54, 1.807) is 12.1 Å². The lowest BCUT2D eigenvalue weighted by Crippen LogP contribution is -2.36. The van der Waals surface area contributed by atoms with Gasteiger partial charge in [-0.25, -0.2) is 4.39 Å². The summed E-state index contributed by atoms with van der Waals surface area (Å²) in [5, 5.41) is 2.90. The average Bonchev–Trinajstić information content (AvgIpc) is 2.58. The van der Waals surface area contributed by atoms with Crippen molar-refractivity contribution in [3.63, 3.8) is 0 Å². The summed E-state index contributed by atoms with van der Waals surface area (Å²) in [5.74, 6) is -0.821. The molecule has 0 spiro atoms. The maximum Gasteiger partial charge on any atom is 0.246 e. The van der Waals surface area contributed by atoms with Crippen molar-refractivity contribution in [1.29, 1.82) is 0 Å². The van der Waals surface area contributed by atoms with E-state index in [1.807, 2.05) is 0 Å². The predicted octanol–water partition coefficient (Wildman–Crippen LogP) is 1.44. The number of carbonyl (C=O) groups is 2. The van der Waals surface area contributed by atoms with Crippen molar-refractivity contribution in [2.45, 2.75) is 19.0 Å². The van der Waals surface area contributed by atoms with Crippen molar-refractivity contribution in [3.05, 3.63) is 34.1 Å². The second-order valence-corrected chi connectivity index (χ2v) is 5.08. The molecule has 2 rings (SSSR count). The Hall–Kier alpha value is -1.27. The van der Waals surface area contributed by atoms with Crippen LogP contribution in [-0.4, -0.2) is 29.8 Å². The molecule has 1 aromatic carbocycles. The molecule has 1 aliphatic rings. The highest BCUT2D eigenvalue weighted by Gasteiger charge is 2.35. The fourth-order valence-electron chi connectivity index (χ4n) is 1.83. The van der Waals surface area contributed by atoms with Crippen LogP contribution in [0.1, 0.15) is 12.0 Å². The van der Waals surface area contributed by atoms with E-state index >= 15 is 0 Å². The van der Waals surface area contributed by atoms with Gasteiger partial charge in [0.05, 0.1) is 12.5 Å². The fraction of sp³-hybridized carbons (Fsp3) is 0.333. The largest absolute Gasteiger partial charge is 0.301 e. The molecule has 1 aliphatic heterocycles. The summed E-state index contributed by atoms with van der Waals surface area (Å²) in [6.07, 6.45) is 0.130. The number of rotatable bonds is 3. The minimum atomic E-state index is -0.555. The smallest absolute Gasteiger partial charge is 0.246 e. The molecular weight excluding hydrogens is 303 g/mol. The number of benzene rings is 1. The maximum atomic E-state index is 13.5. The van der Waals surface area contributed by atoms with Crippen LogP contribution in [0.4, 0.5) is 4.39 Å². The van der Waals surface area contributed by atoms with Gasteiger partial charge in [0, 0.05) is 23.6 Å². The van der Waals surface area contributed by atoms with Crippen LogP contribution >= 0.6 is 15.9 Å². The number of nitrogens with zero attached hydrogens (tertiary/aromatic N) is 1. The van der Waals surface area contributed by atoms with E-state index in [-0.39, 0.29) is 30.6 Å². The van der Waals surface area contributed by atoms with Gasteiger partial charge in [-0.1, -0.05) is 15.9 Å². The topological polar surface area (TPSA) is 49.4 Å². The van der Waals surface area contributed by atoms with E-state index in [9.17, 15) is 14.0 Å². The zero-order valence-electron chi connectivity index (χ0n) is 9.74. The first-order valence-electron chi connectivity index (χ1n) is 5.46. The molecule has 1 aromatic rings. The third kappa shape index (κ3) is 2.59. The van der Waals surface area contributed by atoms with Crippen LogP contribution in [0.15, 0.2) is 22.7 Å². The number of imide groups is 1. The average molecular weight is 315 g/mol. The molecule has 6 heteroatoms. The van der Waals surface area contributed by atoms with Crippen molar-refractivity contribution >= 4 is 27.7 Å². The van der Waals surface area contributed by atoms with Gasteiger partial charge in [0.25, 0.3) is 0 Å². The number of halogens is 2. The van der Waals surface area contributed by atoms with Gasteiger partial charge in [0.15, 0.2) is 0 Å². The number of hydrogen-bond donors (Lipinski definition) is 1. The Kier molecular flexibility index (Phi) is 3.77. The lowest BCUT2D eigenvalue weighted by molar-refractivity contribution is -0.137. The maximum absolute atomic E-state index is 13.5. The Morgan fingerprint density at radius 3 is 2.83 bits per heavy atom. The second kappa shape index (κ2) is 5.16. The molecule has 2 amide bonds. The third-order valence-corrected chi connectivity index (χ3v) is 3.42. The molecule has 96 valence electrons. The summed E-state index contributed by atoms with van der Waals surface area (Å²) < 4.78 is 14.2. The summed E-state index contributed by atoms with van der Waals surface area (Å²) in [5.41, 5.74) is 0.458. The minimum absolute atomic E-state index is 0.130.